The lowest BCUT2D eigenvalue weighted by Crippen LogP contribution is -2.63. The SMILES string of the molecule is CC(=Nc1cc(C)c(C2(C)CN(COOCc3ccccc3)C2=O)c(C)c1)OOc1ccccc1.Cc1cc(N)cc(C)c1C1(C)CNC1.Cc1cc(N2C[C@H](CO)OC2=O)cc(C)c1C1(C)CN(COOCc2ccccc2)C1=O. The van der Waals surface area contributed by atoms with Gasteiger partial charge in [-0.15, -0.1) is 0 Å². The normalized spacial score (nSPS) is 20.0. The maximum absolute atomic E-state index is 13.1. The number of β-lactam (4-membered cyclic amide) rings is 2. The van der Waals surface area contributed by atoms with Crippen LogP contribution in [0.5, 0.6) is 5.75 Å². The molecular weight excluding hydrogens is 1030 g/mol. The second-order valence-electron chi connectivity index (χ2n) is 22.2. The van der Waals surface area contributed by atoms with Crippen molar-refractivity contribution in [1.82, 2.24) is 15.1 Å². The van der Waals surface area contributed by atoms with Crippen molar-refractivity contribution >= 4 is 40.9 Å². The van der Waals surface area contributed by atoms with Crippen LogP contribution in [0.3, 0.4) is 0 Å². The molecule has 0 aliphatic carbocycles. The Hall–Kier alpha value is -7.64. The molecule has 10 rings (SSSR count). The van der Waals surface area contributed by atoms with Gasteiger partial charge in [0.25, 0.3) is 0 Å². The summed E-state index contributed by atoms with van der Waals surface area (Å²) >= 11 is 0. The smallest absolute Gasteiger partial charge is 0.414 e. The first-order valence-electron chi connectivity index (χ1n) is 27.2. The highest BCUT2D eigenvalue weighted by atomic mass is 17.2. The summed E-state index contributed by atoms with van der Waals surface area (Å²) in [6, 6.07) is 40.5. The summed E-state index contributed by atoms with van der Waals surface area (Å²) in [6.07, 6.45) is -0.994. The number of hydrogen-bond donors (Lipinski definition) is 3. The van der Waals surface area contributed by atoms with Crippen molar-refractivity contribution in [3.8, 4) is 5.75 Å². The highest BCUT2D eigenvalue weighted by molar-refractivity contribution is 5.96. The fourth-order valence-corrected chi connectivity index (χ4v) is 11.8. The number of hydrogen-bond acceptors (Lipinski definition) is 14. The Morgan fingerprint density at radius 3 is 1.51 bits per heavy atom. The van der Waals surface area contributed by atoms with Crippen LogP contribution in [0, 0.1) is 41.5 Å². The van der Waals surface area contributed by atoms with Gasteiger partial charge in [0.1, 0.15) is 19.3 Å². The Bertz CT molecular complexity index is 3140. The summed E-state index contributed by atoms with van der Waals surface area (Å²) in [4.78, 5) is 79.1. The molecule has 2 unspecified atom stereocenters. The zero-order valence-corrected chi connectivity index (χ0v) is 48.2. The van der Waals surface area contributed by atoms with Crippen LogP contribution in [0.2, 0.25) is 0 Å². The van der Waals surface area contributed by atoms with Crippen molar-refractivity contribution in [2.45, 2.75) is 105 Å². The van der Waals surface area contributed by atoms with Crippen molar-refractivity contribution in [3.05, 3.63) is 189 Å². The minimum atomic E-state index is -0.658. The molecule has 0 saturated carbocycles. The third kappa shape index (κ3) is 13.8. The average molecular weight is 1110 g/mol. The number of nitrogens with two attached hydrogens (primary N) is 1. The van der Waals surface area contributed by atoms with E-state index in [2.05, 4.69) is 43.2 Å². The molecule has 4 fully saturated rings. The molecule has 4 aliphatic rings. The maximum Gasteiger partial charge on any atom is 0.414 e. The minimum absolute atomic E-state index is 0.0130. The van der Waals surface area contributed by atoms with Crippen molar-refractivity contribution in [2.75, 3.05) is 63.4 Å². The van der Waals surface area contributed by atoms with Crippen LogP contribution in [-0.2, 0) is 68.2 Å². The molecule has 0 bridgehead atoms. The molecule has 17 heteroatoms. The molecule has 4 aliphatic heterocycles. The van der Waals surface area contributed by atoms with E-state index in [1.165, 1.54) is 21.6 Å². The number of nitrogens with zero attached hydrogens (tertiary/aromatic N) is 4. The number of rotatable bonds is 18. The zero-order valence-electron chi connectivity index (χ0n) is 48.2. The van der Waals surface area contributed by atoms with Gasteiger partial charge in [0.05, 0.1) is 29.7 Å². The van der Waals surface area contributed by atoms with Crippen LogP contribution in [0.15, 0.2) is 132 Å². The van der Waals surface area contributed by atoms with Crippen LogP contribution < -0.4 is 20.8 Å². The number of aryl methyl sites for hydroxylation is 6. The van der Waals surface area contributed by atoms with Crippen LogP contribution >= 0.6 is 0 Å². The molecule has 6 aromatic carbocycles. The fraction of sp³-hybridized carbons (Fsp3) is 0.375. The number of aliphatic imine (C=N–C) groups is 1. The largest absolute Gasteiger partial charge is 0.441 e. The first-order chi connectivity index (χ1) is 38.7. The highest BCUT2D eigenvalue weighted by Crippen LogP contribution is 2.43. The lowest BCUT2D eigenvalue weighted by Gasteiger charge is -2.47. The molecule has 17 nitrogen and oxygen atoms in total. The summed E-state index contributed by atoms with van der Waals surface area (Å²) in [5.74, 6) is 0.963. The first-order valence-corrected chi connectivity index (χ1v) is 27.2. The predicted octanol–water partition coefficient (Wildman–Crippen LogP) is 10.1. The summed E-state index contributed by atoms with van der Waals surface area (Å²) in [5.41, 5.74) is 19.1. The Balaban J connectivity index is 0.000000173. The van der Waals surface area contributed by atoms with Gasteiger partial charge < -0.3 is 30.7 Å². The van der Waals surface area contributed by atoms with E-state index < -0.39 is 23.0 Å². The Morgan fingerprint density at radius 1 is 0.642 bits per heavy atom. The molecule has 81 heavy (non-hydrogen) atoms. The van der Waals surface area contributed by atoms with Gasteiger partial charge in [-0.05, 0) is 165 Å². The zero-order chi connectivity index (χ0) is 58.1. The van der Waals surface area contributed by atoms with Gasteiger partial charge in [-0.25, -0.2) is 29.3 Å². The van der Waals surface area contributed by atoms with Gasteiger partial charge >= 0.3 is 6.09 Å². The third-order valence-corrected chi connectivity index (χ3v) is 15.3. The van der Waals surface area contributed by atoms with Gasteiger partial charge in [-0.3, -0.25) is 24.3 Å². The number of amides is 3. The highest BCUT2D eigenvalue weighted by Gasteiger charge is 2.52. The van der Waals surface area contributed by atoms with E-state index in [-0.39, 0.29) is 31.9 Å². The number of likely N-dealkylation sites (tertiary alicyclic amines) is 2. The lowest BCUT2D eigenvalue weighted by atomic mass is 9.71. The van der Waals surface area contributed by atoms with Gasteiger partial charge in [-0.1, -0.05) is 85.8 Å². The van der Waals surface area contributed by atoms with Crippen molar-refractivity contribution in [2.24, 2.45) is 4.99 Å². The quantitative estimate of drug-likeness (QED) is 0.0140. The molecule has 0 radical (unpaired) electrons. The van der Waals surface area contributed by atoms with E-state index in [0.717, 1.165) is 69.0 Å². The molecule has 4 N–H and O–H groups in total. The number of nitrogens with one attached hydrogen (secondary N) is 1. The molecule has 4 heterocycles. The van der Waals surface area contributed by atoms with E-state index in [1.807, 2.05) is 145 Å². The number of anilines is 2. The van der Waals surface area contributed by atoms with Crippen molar-refractivity contribution < 1.29 is 53.6 Å². The van der Waals surface area contributed by atoms with E-state index in [1.54, 1.807) is 28.9 Å². The van der Waals surface area contributed by atoms with Crippen LogP contribution in [0.1, 0.15) is 88.9 Å². The van der Waals surface area contributed by atoms with E-state index in [9.17, 15) is 19.5 Å². The third-order valence-electron chi connectivity index (χ3n) is 15.3. The molecular formula is C64H76N6O11. The Morgan fingerprint density at radius 2 is 1.09 bits per heavy atom. The Labute approximate surface area is 475 Å². The second-order valence-corrected chi connectivity index (χ2v) is 22.2. The van der Waals surface area contributed by atoms with Crippen LogP contribution in [0.25, 0.3) is 0 Å². The number of ether oxygens (including phenoxy) is 1. The number of benzene rings is 6. The number of carbonyl (C=O) groups is 3. The van der Waals surface area contributed by atoms with Crippen molar-refractivity contribution in [3.63, 3.8) is 0 Å². The molecule has 3 amide bonds. The van der Waals surface area contributed by atoms with Gasteiger partial charge in [-0.2, -0.15) is 0 Å². The molecule has 0 spiro atoms. The predicted molar refractivity (Wildman–Crippen MR) is 311 cm³/mol. The molecule has 0 aromatic heterocycles. The topological polar surface area (TPSA) is 196 Å². The monoisotopic (exact) mass is 1100 g/mol. The van der Waals surface area contributed by atoms with E-state index >= 15 is 0 Å². The van der Waals surface area contributed by atoms with Crippen LogP contribution in [0.4, 0.5) is 21.9 Å². The second kappa shape index (κ2) is 25.9. The molecule has 3 atom stereocenters. The van der Waals surface area contributed by atoms with Gasteiger partial charge in [0.15, 0.2) is 19.2 Å². The van der Waals surface area contributed by atoms with Crippen molar-refractivity contribution in [1.29, 1.82) is 0 Å². The lowest BCUT2D eigenvalue weighted by molar-refractivity contribution is -0.325. The number of nitrogen functional groups attached to an aromatic ring is 1. The maximum atomic E-state index is 13.1. The molecule has 6 aromatic rings. The summed E-state index contributed by atoms with van der Waals surface area (Å²) in [7, 11) is 0. The molecule has 4 saturated heterocycles. The summed E-state index contributed by atoms with van der Waals surface area (Å²) < 4.78 is 5.14. The number of aliphatic hydroxyl groups is 1. The number of para-hydroxylation sites is 1. The van der Waals surface area contributed by atoms with Crippen LogP contribution in [-0.4, -0.2) is 97.6 Å². The summed E-state index contributed by atoms with van der Waals surface area (Å²) in [6.45, 7) is 24.3. The first kappa shape index (κ1) is 59.5. The minimum Gasteiger partial charge on any atom is -0.441 e. The Kier molecular flexibility index (Phi) is 19.0. The number of carbonyl (C=O) groups excluding carboxylic acids is 3. The standard InChI is InChI=1S/C28H30N2O5.C24H28N2O6.C12H18N2/c1-20-15-24(29-22(3)34-35-25-13-9-6-10-14-25)16-21(2)26(20)28(4)18-30(27(28)31)19-33-32-17-23-11-7-5-8-12-23;1-16-9-19(26-11-20(12-27)32-23(26)29)10-17(2)21(16)24(3)14-25(22(24)28)15-31-30-13-18-7-5-4-6-8-18;1-8-4-10(13)5-9(2)11(8)12(3)6-14-7-12/h5-16H,17-19H2,1-4H3;4-10,20,27H,11-15H2,1-3H3;4-5,14H,6-7,13H2,1-3H3/t;20-,24?;/m.1./s1. The number of aliphatic hydroxyl groups excluding tert-OH is 1. The van der Waals surface area contributed by atoms with Gasteiger partial charge in [0, 0.05) is 49.9 Å². The average Bonchev–Trinajstić information content (AvgIpc) is 2.66. The molecule has 428 valence electrons. The fourth-order valence-electron chi connectivity index (χ4n) is 11.8. The summed E-state index contributed by atoms with van der Waals surface area (Å²) in [5, 5.41) is 12.6. The van der Waals surface area contributed by atoms with E-state index in [4.69, 9.17) is 39.8 Å². The van der Waals surface area contributed by atoms with E-state index in [0.29, 0.717) is 55.6 Å². The van der Waals surface area contributed by atoms with Gasteiger partial charge in [0.2, 0.25) is 17.7 Å². The number of cyclic esters (lactones) is 1.